The Kier molecular flexibility index (Phi) is 13.4. The van der Waals surface area contributed by atoms with Crippen LogP contribution in [0, 0.1) is 18.1 Å². The summed E-state index contributed by atoms with van der Waals surface area (Å²) in [6.45, 7) is 4.57. The van der Waals surface area contributed by atoms with Gasteiger partial charge >= 0.3 is 126 Å². The van der Waals surface area contributed by atoms with Crippen LogP contribution in [0.3, 0.4) is 0 Å². The second-order valence-corrected chi connectivity index (χ2v) is 28.9. The molecule has 67 heavy (non-hydrogen) atoms. The van der Waals surface area contributed by atoms with E-state index in [2.05, 4.69) is 206 Å². The molecule has 0 atom stereocenters. The average Bonchev–Trinajstić information content (AvgIpc) is 3.93. The van der Waals surface area contributed by atoms with E-state index in [1.165, 1.54) is 33.4 Å². The predicted molar refractivity (Wildman–Crippen MR) is 279 cm³/mol. The third-order valence-electron chi connectivity index (χ3n) is 12.2. The van der Waals surface area contributed by atoms with Crippen molar-refractivity contribution in [1.82, 2.24) is 14.5 Å². The van der Waals surface area contributed by atoms with Gasteiger partial charge in [0.25, 0.3) is 0 Å². The first kappa shape index (κ1) is 45.5. The molecule has 11 rings (SSSR count). The molecule has 1 radical (unpaired) electrons. The number of pyridine rings is 1. The normalized spacial score (nSPS) is 11.4. The molecule has 4 nitrogen and oxygen atoms in total. The maximum Gasteiger partial charge on any atom is 0.120 e. The number of hydrogen-bond acceptors (Lipinski definition) is 3. The van der Waals surface area contributed by atoms with Crippen molar-refractivity contribution in [2.24, 2.45) is 5.92 Å². The van der Waals surface area contributed by atoms with Crippen LogP contribution in [0.25, 0.3) is 94.7 Å². The van der Waals surface area contributed by atoms with Crippen molar-refractivity contribution in [3.8, 4) is 61.7 Å². The summed E-state index contributed by atoms with van der Waals surface area (Å²) in [7, 11) is 0. The third-order valence-corrected chi connectivity index (χ3v) is 16.5. The number of benzene rings is 8. The van der Waals surface area contributed by atoms with E-state index in [1.807, 2.05) is 42.5 Å². The quantitative estimate of drug-likeness (QED) is 0.107. The first-order valence-electron chi connectivity index (χ1n) is 22.8. The van der Waals surface area contributed by atoms with E-state index in [0.717, 1.165) is 73.3 Å². The van der Waals surface area contributed by atoms with Gasteiger partial charge in [0.05, 0.1) is 22.4 Å². The number of nitrogens with zero attached hydrogens (tertiary/aromatic N) is 3. The van der Waals surface area contributed by atoms with Crippen LogP contribution in [0.2, 0.25) is 17.3 Å². The summed E-state index contributed by atoms with van der Waals surface area (Å²) in [5.41, 5.74) is 16.2. The maximum atomic E-state index is 6.59. The van der Waals surface area contributed by atoms with Crippen molar-refractivity contribution in [2.75, 3.05) is 0 Å². The molecule has 6 heteroatoms. The van der Waals surface area contributed by atoms with Gasteiger partial charge in [-0.15, -0.1) is 18.2 Å². The summed E-state index contributed by atoms with van der Waals surface area (Å²) < 4.78 is 10.3. The molecule has 0 spiro atoms. The van der Waals surface area contributed by atoms with Crippen molar-refractivity contribution in [3.63, 3.8) is 0 Å². The first-order valence-corrected chi connectivity index (χ1v) is 30.2. The fourth-order valence-corrected chi connectivity index (χ4v) is 12.3. The minimum Gasteiger partial charge on any atom is -0.501 e. The van der Waals surface area contributed by atoms with Gasteiger partial charge < -0.3 is 8.98 Å². The molecule has 0 fully saturated rings. The second kappa shape index (κ2) is 19.7. The number of furan rings is 1. The zero-order valence-electron chi connectivity index (χ0n) is 38.4. The van der Waals surface area contributed by atoms with Gasteiger partial charge in [-0.1, -0.05) is 126 Å². The van der Waals surface area contributed by atoms with Crippen LogP contribution in [-0.4, -0.2) is 27.8 Å². The summed E-state index contributed by atoms with van der Waals surface area (Å²) in [6, 6.07) is 74.2. The molecule has 8 aromatic carbocycles. The Morgan fingerprint density at radius 2 is 1.18 bits per heavy atom. The number of fused-ring (bicyclic) bond motifs is 4. The van der Waals surface area contributed by atoms with Crippen LogP contribution in [-0.2, 0) is 26.5 Å². The maximum absolute atomic E-state index is 6.59. The molecule has 0 saturated carbocycles. The third kappa shape index (κ3) is 9.64. The molecule has 0 N–H and O–H groups in total. The molecule has 0 aliphatic carbocycles. The molecular weight excluding hydrogens is 1060 g/mol. The number of aromatic nitrogens is 3. The minimum atomic E-state index is -1.86. The SMILES string of the molecule is CC(C)Cc1cc(-c2[c-]cccc2)nc[c]1[Ge]([CH3])([CH3])[CH3].[Ir].[c-]1ccc2c(oc3ccc(-c4ccc(-c5ccccc5)cc4)cc32)c1-c1nc2ccccc2n1-c1ccc(-c2ccccc2)cc1. The molecule has 11 aromatic rings. The number of imidazole rings is 1. The largest absolute Gasteiger partial charge is 0.501 e. The Hall–Kier alpha value is -6.63. The van der Waals surface area contributed by atoms with E-state index in [1.54, 1.807) is 4.40 Å². The number of rotatable bonds is 9. The topological polar surface area (TPSA) is 43.9 Å². The minimum absolute atomic E-state index is 0. The van der Waals surface area contributed by atoms with E-state index in [-0.39, 0.29) is 20.1 Å². The van der Waals surface area contributed by atoms with E-state index >= 15 is 0 Å². The molecule has 3 aromatic heterocycles. The van der Waals surface area contributed by atoms with Crippen LogP contribution in [0.4, 0.5) is 0 Å². The summed E-state index contributed by atoms with van der Waals surface area (Å²) in [5.74, 6) is 8.79. The summed E-state index contributed by atoms with van der Waals surface area (Å²) in [6.07, 6.45) is 3.27. The average molecular weight is 1110 g/mol. The first-order chi connectivity index (χ1) is 32.2. The van der Waals surface area contributed by atoms with Gasteiger partial charge in [-0.25, -0.2) is 0 Å². The summed E-state index contributed by atoms with van der Waals surface area (Å²) >= 11 is -1.86. The monoisotopic (exact) mass is 1110 g/mol. The van der Waals surface area contributed by atoms with Crippen LogP contribution >= 0.6 is 0 Å². The van der Waals surface area contributed by atoms with E-state index < -0.39 is 13.3 Å². The van der Waals surface area contributed by atoms with Gasteiger partial charge in [0.1, 0.15) is 5.58 Å². The van der Waals surface area contributed by atoms with Gasteiger partial charge in [0, 0.05) is 31.2 Å². The smallest absolute Gasteiger partial charge is 0.120 e. The Morgan fingerprint density at radius 1 is 0.582 bits per heavy atom. The van der Waals surface area contributed by atoms with Crippen molar-refractivity contribution >= 4 is 50.6 Å². The molecule has 0 amide bonds. The van der Waals surface area contributed by atoms with Crippen LogP contribution < -0.4 is 4.40 Å². The summed E-state index contributed by atoms with van der Waals surface area (Å²) in [4.78, 5) is 9.83. The van der Waals surface area contributed by atoms with Gasteiger partial charge in [-0.05, 0) is 69.8 Å². The van der Waals surface area contributed by atoms with Crippen molar-refractivity contribution in [1.29, 1.82) is 0 Å². The van der Waals surface area contributed by atoms with Gasteiger partial charge in [0.15, 0.2) is 0 Å². The van der Waals surface area contributed by atoms with E-state index in [0.29, 0.717) is 5.92 Å². The Labute approximate surface area is 410 Å². The zero-order chi connectivity index (χ0) is 45.2. The molecule has 331 valence electrons. The fourth-order valence-electron chi connectivity index (χ4n) is 8.94. The molecule has 0 saturated heterocycles. The van der Waals surface area contributed by atoms with E-state index in [9.17, 15) is 0 Å². The molecular formula is C61H51GeIrN3O-2. The summed E-state index contributed by atoms with van der Waals surface area (Å²) in [5, 5.41) is 2.12. The number of para-hydroxylation sites is 2. The second-order valence-electron chi connectivity index (χ2n) is 18.4. The molecule has 0 aliphatic heterocycles. The standard InChI is InChI=1S/C43H27N2O.C18H24GeN.Ir/c1-3-10-29(11-4-1)31-18-20-33(21-19-31)34-24-27-41-38(28-34)36-14-9-15-37(42(36)46-41)43-44-39-16-7-8-17-40(39)45(43)35-25-22-32(23-26-35)30-12-5-2-6-13-30;1-14(2)11-16-12-18(15-9-7-6-8-10-15)20-13-17(16)19(3,4)5;/h1-14,16-28H;6-9,12-14H,11H2,1-5H3;/q2*-1;. The van der Waals surface area contributed by atoms with E-state index in [4.69, 9.17) is 14.4 Å². The Morgan fingerprint density at radius 3 is 1.82 bits per heavy atom. The van der Waals surface area contributed by atoms with Crippen LogP contribution in [0.5, 0.6) is 0 Å². The van der Waals surface area contributed by atoms with Crippen molar-refractivity contribution in [2.45, 2.75) is 37.5 Å². The van der Waals surface area contributed by atoms with Crippen molar-refractivity contribution < 1.29 is 24.5 Å². The fraction of sp³-hybridized carbons (Fsp3) is 0.115. The molecule has 0 unspecified atom stereocenters. The molecule has 3 heterocycles. The molecule has 0 bridgehead atoms. The van der Waals surface area contributed by atoms with Crippen molar-refractivity contribution in [3.05, 3.63) is 218 Å². The number of hydrogen-bond donors (Lipinski definition) is 0. The Bertz CT molecular complexity index is 3430. The van der Waals surface area contributed by atoms with Crippen LogP contribution in [0.15, 0.2) is 205 Å². The molecule has 0 aliphatic rings. The van der Waals surface area contributed by atoms with Crippen LogP contribution in [0.1, 0.15) is 19.4 Å². The van der Waals surface area contributed by atoms with Gasteiger partial charge in [0.2, 0.25) is 0 Å². The van der Waals surface area contributed by atoms with Gasteiger partial charge in [-0.2, -0.15) is 0 Å². The predicted octanol–water partition coefficient (Wildman–Crippen LogP) is 15.7. The van der Waals surface area contributed by atoms with Gasteiger partial charge in [-0.3, -0.25) is 4.98 Å². The Balaban J connectivity index is 0.000000226. The zero-order valence-corrected chi connectivity index (χ0v) is 42.9.